The molecular weight excluding hydrogens is 304 g/mol. The van der Waals surface area contributed by atoms with Crippen molar-refractivity contribution in [1.82, 2.24) is 0 Å². The summed E-state index contributed by atoms with van der Waals surface area (Å²) in [5.41, 5.74) is 0.238. The summed E-state index contributed by atoms with van der Waals surface area (Å²) >= 11 is 0. The highest BCUT2D eigenvalue weighted by Gasteiger charge is 2.37. The highest BCUT2D eigenvalue weighted by atomic mass is 32.2. The van der Waals surface area contributed by atoms with Crippen molar-refractivity contribution in [3.8, 4) is 5.75 Å². The molecule has 0 aliphatic carbocycles. The number of amides is 1. The quantitative estimate of drug-likeness (QED) is 0.860. The molecule has 0 atom stereocenters. The first-order valence-corrected chi connectivity index (χ1v) is 8.71. The number of hydrogen-bond acceptors (Lipinski definition) is 4. The monoisotopic (exact) mass is 324 g/mol. The number of ether oxygens (including phenoxy) is 1. The van der Waals surface area contributed by atoms with Crippen LogP contribution in [0.1, 0.15) is 13.8 Å². The van der Waals surface area contributed by atoms with E-state index in [2.05, 4.69) is 11.3 Å². The van der Waals surface area contributed by atoms with Gasteiger partial charge in [0.2, 0.25) is 15.9 Å². The Morgan fingerprint density at radius 2 is 2.14 bits per heavy atom. The minimum atomic E-state index is -3.39. The summed E-state index contributed by atoms with van der Waals surface area (Å²) in [5.74, 6) is 0.447. The molecule has 0 saturated heterocycles. The van der Waals surface area contributed by atoms with Crippen molar-refractivity contribution < 1.29 is 17.9 Å². The molecule has 0 radical (unpaired) electrons. The standard InChI is InChI=1S/C15H20N2O4S/c1-5-8-17-12-9-11(16-22(4,19)20)6-7-13(12)21-10-15(2,3)14(17)18/h5-7,9,16H,1,8,10H2,2-4H3. The predicted molar refractivity (Wildman–Crippen MR) is 86.7 cm³/mol. The number of rotatable bonds is 4. The second-order valence-electron chi connectivity index (χ2n) is 5.93. The molecule has 1 aliphatic rings. The molecule has 0 bridgehead atoms. The average molecular weight is 324 g/mol. The summed E-state index contributed by atoms with van der Waals surface area (Å²) < 4.78 is 30.9. The Bertz CT molecular complexity index is 710. The zero-order valence-electron chi connectivity index (χ0n) is 12.9. The normalized spacial score (nSPS) is 17.2. The van der Waals surface area contributed by atoms with Crippen molar-refractivity contribution >= 4 is 27.3 Å². The summed E-state index contributed by atoms with van der Waals surface area (Å²) in [6.45, 7) is 7.88. The number of hydrogen-bond donors (Lipinski definition) is 1. The third-order valence-electron chi connectivity index (χ3n) is 3.28. The highest BCUT2D eigenvalue weighted by Crippen LogP contribution is 2.38. The molecule has 1 aliphatic heterocycles. The fourth-order valence-electron chi connectivity index (χ4n) is 2.23. The van der Waals surface area contributed by atoms with Crippen LogP contribution in [0.5, 0.6) is 5.75 Å². The zero-order valence-corrected chi connectivity index (χ0v) is 13.7. The summed E-state index contributed by atoms with van der Waals surface area (Å²) in [6, 6.07) is 4.86. The number of carbonyl (C=O) groups is 1. The summed E-state index contributed by atoms with van der Waals surface area (Å²) in [4.78, 5) is 14.2. The SMILES string of the molecule is C=CCN1C(=O)C(C)(C)COc2ccc(NS(C)(=O)=O)cc21. The van der Waals surface area contributed by atoms with Gasteiger partial charge >= 0.3 is 0 Å². The Labute approximate surface area is 130 Å². The second kappa shape index (κ2) is 5.64. The lowest BCUT2D eigenvalue weighted by Gasteiger charge is -2.27. The number of sulfonamides is 1. The van der Waals surface area contributed by atoms with Gasteiger partial charge in [-0.25, -0.2) is 8.42 Å². The van der Waals surface area contributed by atoms with Crippen molar-refractivity contribution in [3.63, 3.8) is 0 Å². The first-order chi connectivity index (χ1) is 10.1. The lowest BCUT2D eigenvalue weighted by Crippen LogP contribution is -2.42. The maximum Gasteiger partial charge on any atom is 0.236 e. The van der Waals surface area contributed by atoms with E-state index in [0.29, 0.717) is 23.7 Å². The Kier molecular flexibility index (Phi) is 4.19. The summed E-state index contributed by atoms with van der Waals surface area (Å²) in [6.07, 6.45) is 2.70. The molecule has 0 unspecified atom stereocenters. The predicted octanol–water partition coefficient (Wildman–Crippen LogP) is 2.00. The maximum absolute atomic E-state index is 12.7. The van der Waals surface area contributed by atoms with Gasteiger partial charge in [-0.05, 0) is 32.0 Å². The van der Waals surface area contributed by atoms with Crippen LogP contribution in [0.15, 0.2) is 30.9 Å². The lowest BCUT2D eigenvalue weighted by molar-refractivity contribution is -0.127. The van der Waals surface area contributed by atoms with Gasteiger partial charge in [-0.2, -0.15) is 0 Å². The average Bonchev–Trinajstić information content (AvgIpc) is 2.48. The molecule has 120 valence electrons. The fraction of sp³-hybridized carbons (Fsp3) is 0.400. The van der Waals surface area contributed by atoms with Gasteiger partial charge in [0.25, 0.3) is 0 Å². The molecule has 0 aromatic heterocycles. The van der Waals surface area contributed by atoms with Gasteiger partial charge < -0.3 is 9.64 Å². The van der Waals surface area contributed by atoms with E-state index in [-0.39, 0.29) is 12.5 Å². The van der Waals surface area contributed by atoms with E-state index in [9.17, 15) is 13.2 Å². The molecule has 0 fully saturated rings. The van der Waals surface area contributed by atoms with Crippen LogP contribution in [0.2, 0.25) is 0 Å². The highest BCUT2D eigenvalue weighted by molar-refractivity contribution is 7.92. The van der Waals surface area contributed by atoms with E-state index >= 15 is 0 Å². The zero-order chi connectivity index (χ0) is 16.5. The third-order valence-corrected chi connectivity index (χ3v) is 3.88. The topological polar surface area (TPSA) is 75.7 Å². The Hall–Kier alpha value is -2.02. The van der Waals surface area contributed by atoms with Gasteiger partial charge in [-0.3, -0.25) is 9.52 Å². The third kappa shape index (κ3) is 3.41. The number of anilines is 2. The Morgan fingerprint density at radius 3 is 2.73 bits per heavy atom. The largest absolute Gasteiger partial charge is 0.490 e. The van der Waals surface area contributed by atoms with Gasteiger partial charge in [0, 0.05) is 6.54 Å². The molecule has 6 nitrogen and oxygen atoms in total. The van der Waals surface area contributed by atoms with Gasteiger partial charge in [-0.15, -0.1) is 6.58 Å². The Balaban J connectivity index is 2.51. The first kappa shape index (κ1) is 16.4. The first-order valence-electron chi connectivity index (χ1n) is 6.81. The molecule has 7 heteroatoms. The van der Waals surface area contributed by atoms with Gasteiger partial charge in [0.05, 0.1) is 23.0 Å². The van der Waals surface area contributed by atoms with E-state index in [1.54, 1.807) is 29.2 Å². The number of benzene rings is 1. The van der Waals surface area contributed by atoms with Gasteiger partial charge in [-0.1, -0.05) is 6.08 Å². The molecule has 1 aromatic rings. The summed E-state index contributed by atoms with van der Waals surface area (Å²) in [5, 5.41) is 0. The molecule has 1 amide bonds. The molecular formula is C15H20N2O4S. The Morgan fingerprint density at radius 1 is 1.45 bits per heavy atom. The maximum atomic E-state index is 12.7. The molecule has 22 heavy (non-hydrogen) atoms. The van der Waals surface area contributed by atoms with E-state index in [4.69, 9.17) is 4.74 Å². The van der Waals surface area contributed by atoms with Crippen molar-refractivity contribution in [2.75, 3.05) is 29.0 Å². The second-order valence-corrected chi connectivity index (χ2v) is 7.68. The van der Waals surface area contributed by atoms with Crippen molar-refractivity contribution in [3.05, 3.63) is 30.9 Å². The van der Waals surface area contributed by atoms with Crippen LogP contribution in [0, 0.1) is 5.41 Å². The molecule has 1 heterocycles. The van der Waals surface area contributed by atoms with Crippen LogP contribution in [-0.4, -0.2) is 33.7 Å². The molecule has 1 aromatic carbocycles. The summed E-state index contributed by atoms with van der Waals surface area (Å²) in [7, 11) is -3.39. The van der Waals surface area contributed by atoms with Crippen LogP contribution < -0.4 is 14.4 Å². The molecule has 0 spiro atoms. The van der Waals surface area contributed by atoms with E-state index in [1.165, 1.54) is 0 Å². The number of nitrogens with one attached hydrogen (secondary N) is 1. The smallest absolute Gasteiger partial charge is 0.236 e. The number of nitrogens with zero attached hydrogens (tertiary/aromatic N) is 1. The van der Waals surface area contributed by atoms with Crippen LogP contribution in [0.25, 0.3) is 0 Å². The molecule has 0 saturated carbocycles. The minimum absolute atomic E-state index is 0.0948. The van der Waals surface area contributed by atoms with Crippen LogP contribution in [-0.2, 0) is 14.8 Å². The van der Waals surface area contributed by atoms with Gasteiger partial charge in [0.1, 0.15) is 12.4 Å². The van der Waals surface area contributed by atoms with E-state index in [0.717, 1.165) is 6.26 Å². The number of fused-ring (bicyclic) bond motifs is 1. The molecule has 1 N–H and O–H groups in total. The van der Waals surface area contributed by atoms with Crippen molar-refractivity contribution in [1.29, 1.82) is 0 Å². The van der Waals surface area contributed by atoms with Crippen molar-refractivity contribution in [2.45, 2.75) is 13.8 Å². The van der Waals surface area contributed by atoms with Crippen molar-refractivity contribution in [2.24, 2.45) is 5.41 Å². The number of carbonyl (C=O) groups excluding carboxylic acids is 1. The lowest BCUT2D eigenvalue weighted by atomic mass is 9.93. The van der Waals surface area contributed by atoms with Crippen LogP contribution >= 0.6 is 0 Å². The van der Waals surface area contributed by atoms with Crippen LogP contribution in [0.4, 0.5) is 11.4 Å². The van der Waals surface area contributed by atoms with Crippen LogP contribution in [0.3, 0.4) is 0 Å². The van der Waals surface area contributed by atoms with Gasteiger partial charge in [0.15, 0.2) is 0 Å². The molecule has 2 rings (SSSR count). The minimum Gasteiger partial charge on any atom is -0.490 e. The fourth-order valence-corrected chi connectivity index (χ4v) is 2.79. The van der Waals surface area contributed by atoms with E-state index in [1.807, 2.05) is 13.8 Å². The van der Waals surface area contributed by atoms with E-state index < -0.39 is 15.4 Å².